The second-order valence-corrected chi connectivity index (χ2v) is 4.48. The van der Waals surface area contributed by atoms with E-state index in [0.717, 1.165) is 18.2 Å². The molecule has 0 saturated heterocycles. The Labute approximate surface area is 122 Å². The van der Waals surface area contributed by atoms with E-state index < -0.39 is 16.7 Å². The smallest absolute Gasteiger partial charge is 0.337 e. The van der Waals surface area contributed by atoms with E-state index in [2.05, 4.69) is 5.32 Å². The summed E-state index contributed by atoms with van der Waals surface area (Å²) in [7, 11) is 0. The van der Waals surface area contributed by atoms with E-state index >= 15 is 0 Å². The molecule has 0 amide bonds. The van der Waals surface area contributed by atoms with Gasteiger partial charge in [-0.1, -0.05) is 11.6 Å². The van der Waals surface area contributed by atoms with Crippen molar-refractivity contribution in [2.75, 3.05) is 5.32 Å². The van der Waals surface area contributed by atoms with E-state index in [0.29, 0.717) is 0 Å². The van der Waals surface area contributed by atoms with Gasteiger partial charge in [0.25, 0.3) is 5.69 Å². The van der Waals surface area contributed by atoms with Crippen molar-refractivity contribution in [3.05, 3.63) is 62.9 Å². The molecule has 0 fully saturated rings. The van der Waals surface area contributed by atoms with Crippen LogP contribution in [0.2, 0.25) is 5.02 Å². The normalized spacial score (nSPS) is 10.2. The maximum absolute atomic E-state index is 13.1. The highest BCUT2D eigenvalue weighted by Crippen LogP contribution is 2.31. The van der Waals surface area contributed by atoms with Crippen LogP contribution in [0.4, 0.5) is 21.5 Å². The fourth-order valence-electron chi connectivity index (χ4n) is 1.71. The van der Waals surface area contributed by atoms with Crippen molar-refractivity contribution in [3.63, 3.8) is 0 Å². The minimum Gasteiger partial charge on any atom is -0.478 e. The van der Waals surface area contributed by atoms with Crippen LogP contribution in [-0.2, 0) is 0 Å². The van der Waals surface area contributed by atoms with Crippen molar-refractivity contribution in [1.29, 1.82) is 0 Å². The molecule has 0 bridgehead atoms. The van der Waals surface area contributed by atoms with E-state index in [1.807, 2.05) is 0 Å². The van der Waals surface area contributed by atoms with Gasteiger partial charge < -0.3 is 10.4 Å². The number of anilines is 2. The van der Waals surface area contributed by atoms with E-state index in [1.54, 1.807) is 0 Å². The first-order valence-corrected chi connectivity index (χ1v) is 6.00. The third-order valence-corrected chi connectivity index (χ3v) is 2.87. The lowest BCUT2D eigenvalue weighted by Gasteiger charge is -2.10. The maximum atomic E-state index is 13.1. The minimum atomic E-state index is -1.35. The lowest BCUT2D eigenvalue weighted by atomic mass is 10.1. The molecular weight excluding hydrogens is 303 g/mol. The van der Waals surface area contributed by atoms with Crippen molar-refractivity contribution in [2.24, 2.45) is 0 Å². The summed E-state index contributed by atoms with van der Waals surface area (Å²) in [5.74, 6) is -2.07. The first-order chi connectivity index (χ1) is 9.88. The predicted octanol–water partition coefficient (Wildman–Crippen LogP) is 3.83. The van der Waals surface area contributed by atoms with Gasteiger partial charge in [0.1, 0.15) is 11.5 Å². The minimum absolute atomic E-state index is 0.0364. The zero-order chi connectivity index (χ0) is 15.6. The Morgan fingerprint density at radius 3 is 2.52 bits per heavy atom. The molecule has 0 saturated carbocycles. The van der Waals surface area contributed by atoms with Gasteiger partial charge >= 0.3 is 5.97 Å². The number of rotatable bonds is 4. The molecule has 108 valence electrons. The molecule has 0 spiro atoms. The summed E-state index contributed by atoms with van der Waals surface area (Å²) in [6.07, 6.45) is 0. The molecule has 2 aromatic rings. The first kappa shape index (κ1) is 14.7. The Bertz CT molecular complexity index is 675. The zero-order valence-corrected chi connectivity index (χ0v) is 11.1. The van der Waals surface area contributed by atoms with Gasteiger partial charge in [0.15, 0.2) is 0 Å². The highest BCUT2D eigenvalue weighted by molar-refractivity contribution is 6.31. The number of carboxylic acid groups (broad SMARTS) is 1. The number of halogens is 2. The third kappa shape index (κ3) is 3.26. The van der Waals surface area contributed by atoms with Crippen LogP contribution in [0.1, 0.15) is 10.4 Å². The molecule has 6 nitrogen and oxygen atoms in total. The highest BCUT2D eigenvalue weighted by Gasteiger charge is 2.17. The molecule has 0 aliphatic rings. The van der Waals surface area contributed by atoms with Crippen LogP contribution in [0.15, 0.2) is 36.4 Å². The van der Waals surface area contributed by atoms with Crippen molar-refractivity contribution in [2.45, 2.75) is 0 Å². The number of hydrogen-bond acceptors (Lipinski definition) is 4. The van der Waals surface area contributed by atoms with Gasteiger partial charge in [-0.2, -0.15) is 0 Å². The molecule has 2 N–H and O–H groups in total. The van der Waals surface area contributed by atoms with Crippen LogP contribution >= 0.6 is 11.6 Å². The van der Waals surface area contributed by atoms with Crippen LogP contribution in [0.25, 0.3) is 0 Å². The number of nitrogens with one attached hydrogen (secondary N) is 1. The standard InChI is InChI=1S/C13H8ClFN2O4/c14-7-1-3-11(12(5-7)17(20)21)16-10-4-2-8(15)6-9(10)13(18)19/h1-6,16H,(H,18,19). The predicted molar refractivity (Wildman–Crippen MR) is 74.7 cm³/mol. The molecule has 0 atom stereocenters. The molecule has 21 heavy (non-hydrogen) atoms. The monoisotopic (exact) mass is 310 g/mol. The van der Waals surface area contributed by atoms with Crippen molar-refractivity contribution in [3.8, 4) is 0 Å². The molecule has 0 heterocycles. The quantitative estimate of drug-likeness (QED) is 0.661. The Kier molecular flexibility index (Phi) is 4.04. The molecule has 2 rings (SSSR count). The first-order valence-electron chi connectivity index (χ1n) is 5.62. The molecule has 2 aromatic carbocycles. The summed E-state index contributed by atoms with van der Waals surface area (Å²) < 4.78 is 13.1. The van der Waals surface area contributed by atoms with E-state index in [4.69, 9.17) is 16.7 Å². The summed E-state index contributed by atoms with van der Waals surface area (Å²) in [6.45, 7) is 0. The number of benzene rings is 2. The molecule has 0 radical (unpaired) electrons. The summed E-state index contributed by atoms with van der Waals surface area (Å²) in [5, 5.41) is 22.8. The number of carboxylic acids is 1. The van der Waals surface area contributed by atoms with Gasteiger partial charge in [-0.3, -0.25) is 10.1 Å². The summed E-state index contributed by atoms with van der Waals surface area (Å²) >= 11 is 5.69. The van der Waals surface area contributed by atoms with E-state index in [1.165, 1.54) is 18.2 Å². The molecule has 0 aliphatic carbocycles. The Hall–Kier alpha value is -2.67. The van der Waals surface area contributed by atoms with Crippen LogP contribution in [0.5, 0.6) is 0 Å². The fraction of sp³-hybridized carbons (Fsp3) is 0. The van der Waals surface area contributed by atoms with Gasteiger partial charge in [0.2, 0.25) is 0 Å². The number of nitro benzene ring substituents is 1. The van der Waals surface area contributed by atoms with Gasteiger partial charge in [-0.05, 0) is 30.3 Å². The number of hydrogen-bond donors (Lipinski definition) is 2. The summed E-state index contributed by atoms with van der Waals surface area (Å²) in [4.78, 5) is 21.4. The lowest BCUT2D eigenvalue weighted by Crippen LogP contribution is -2.04. The third-order valence-electron chi connectivity index (χ3n) is 2.64. The molecule has 8 heteroatoms. The molecular formula is C13H8ClFN2O4. The van der Waals surface area contributed by atoms with E-state index in [-0.39, 0.29) is 27.6 Å². The topological polar surface area (TPSA) is 92.5 Å². The molecule has 0 aromatic heterocycles. The molecule has 0 aliphatic heterocycles. The number of aromatic carboxylic acids is 1. The van der Waals surface area contributed by atoms with Crippen LogP contribution in [0.3, 0.4) is 0 Å². The van der Waals surface area contributed by atoms with Crippen molar-refractivity contribution < 1.29 is 19.2 Å². The highest BCUT2D eigenvalue weighted by atomic mass is 35.5. The Morgan fingerprint density at radius 1 is 1.24 bits per heavy atom. The molecule has 0 unspecified atom stereocenters. The van der Waals surface area contributed by atoms with Crippen LogP contribution in [-0.4, -0.2) is 16.0 Å². The zero-order valence-electron chi connectivity index (χ0n) is 10.3. The summed E-state index contributed by atoms with van der Waals surface area (Å²) in [6, 6.07) is 6.96. The van der Waals surface area contributed by atoms with Crippen LogP contribution < -0.4 is 5.32 Å². The van der Waals surface area contributed by atoms with Gasteiger partial charge in [0, 0.05) is 11.1 Å². The number of nitro groups is 1. The van der Waals surface area contributed by atoms with Gasteiger partial charge in [-0.25, -0.2) is 9.18 Å². The average Bonchev–Trinajstić information content (AvgIpc) is 2.42. The van der Waals surface area contributed by atoms with E-state index in [9.17, 15) is 19.3 Å². The SMILES string of the molecule is O=C(O)c1cc(F)ccc1Nc1ccc(Cl)cc1[N+](=O)[O-]. The Morgan fingerprint density at radius 2 is 1.90 bits per heavy atom. The second kappa shape index (κ2) is 5.76. The number of nitrogens with zero attached hydrogens (tertiary/aromatic N) is 1. The Balaban J connectivity index is 2.48. The van der Waals surface area contributed by atoms with Gasteiger partial charge in [-0.15, -0.1) is 0 Å². The lowest BCUT2D eigenvalue weighted by molar-refractivity contribution is -0.383. The van der Waals surface area contributed by atoms with Crippen LogP contribution in [0, 0.1) is 15.9 Å². The average molecular weight is 311 g/mol. The maximum Gasteiger partial charge on any atom is 0.337 e. The largest absolute Gasteiger partial charge is 0.478 e. The fourth-order valence-corrected chi connectivity index (χ4v) is 1.88. The second-order valence-electron chi connectivity index (χ2n) is 4.04. The van der Waals surface area contributed by atoms with Gasteiger partial charge in [0.05, 0.1) is 16.2 Å². The van der Waals surface area contributed by atoms with Crippen molar-refractivity contribution >= 4 is 34.6 Å². The van der Waals surface area contributed by atoms with Crippen molar-refractivity contribution in [1.82, 2.24) is 0 Å². The summed E-state index contributed by atoms with van der Waals surface area (Å²) in [5.41, 5.74) is -0.560. The number of carbonyl (C=O) groups is 1.